The number of hydrogen-bond acceptors (Lipinski definition) is 4. The molecule has 1 aromatic heterocycles. The van der Waals surface area contributed by atoms with E-state index in [0.717, 1.165) is 19.5 Å². The largest absolute Gasteiger partial charge is 0.383 e. The molecule has 0 aliphatic carbocycles. The minimum Gasteiger partial charge on any atom is -0.383 e. The van der Waals surface area contributed by atoms with Gasteiger partial charge in [0.05, 0.1) is 12.6 Å². The van der Waals surface area contributed by atoms with Gasteiger partial charge >= 0.3 is 0 Å². The van der Waals surface area contributed by atoms with Gasteiger partial charge in [0, 0.05) is 33.3 Å². The fraction of sp³-hybridized carbons (Fsp3) is 0.450. The smallest absolute Gasteiger partial charge is 0.240 e. The first-order valence-electron chi connectivity index (χ1n) is 8.78. The van der Waals surface area contributed by atoms with E-state index in [9.17, 15) is 4.79 Å². The molecule has 134 valence electrons. The molecule has 1 amide bonds. The molecule has 5 heteroatoms. The highest BCUT2D eigenvalue weighted by molar-refractivity contribution is 7.07. The van der Waals surface area contributed by atoms with Crippen LogP contribution in [0.5, 0.6) is 0 Å². The molecule has 25 heavy (non-hydrogen) atoms. The predicted octanol–water partition coefficient (Wildman–Crippen LogP) is 3.17. The maximum absolute atomic E-state index is 13.1. The summed E-state index contributed by atoms with van der Waals surface area (Å²) >= 11 is 1.67. The third-order valence-corrected chi connectivity index (χ3v) is 5.63. The SMILES string of the molecule is COCCN(Cc1ccsc1)C(=O)C(C)N1CCc2ccccc2C1. The zero-order chi connectivity index (χ0) is 17.6. The Morgan fingerprint density at radius 1 is 1.32 bits per heavy atom. The summed E-state index contributed by atoms with van der Waals surface area (Å²) in [5, 5.41) is 4.16. The maximum atomic E-state index is 13.1. The molecule has 0 N–H and O–H groups in total. The first-order chi connectivity index (χ1) is 12.2. The molecule has 0 radical (unpaired) electrons. The molecule has 4 nitrogen and oxygen atoms in total. The van der Waals surface area contributed by atoms with Crippen molar-refractivity contribution in [2.75, 3.05) is 26.8 Å². The zero-order valence-electron chi connectivity index (χ0n) is 15.0. The average molecular weight is 359 g/mol. The molecule has 0 spiro atoms. The van der Waals surface area contributed by atoms with Crippen LogP contribution in [0.2, 0.25) is 0 Å². The Kier molecular flexibility index (Phi) is 6.24. The molecule has 1 atom stereocenters. The van der Waals surface area contributed by atoms with Gasteiger partial charge in [0.1, 0.15) is 0 Å². The van der Waals surface area contributed by atoms with E-state index >= 15 is 0 Å². The minimum atomic E-state index is -0.121. The van der Waals surface area contributed by atoms with E-state index in [-0.39, 0.29) is 11.9 Å². The number of fused-ring (bicyclic) bond motifs is 1. The summed E-state index contributed by atoms with van der Waals surface area (Å²) in [5.41, 5.74) is 3.94. The van der Waals surface area contributed by atoms with Gasteiger partial charge in [-0.05, 0) is 46.9 Å². The van der Waals surface area contributed by atoms with Gasteiger partial charge in [0.15, 0.2) is 0 Å². The van der Waals surface area contributed by atoms with E-state index in [0.29, 0.717) is 19.7 Å². The number of hydrogen-bond donors (Lipinski definition) is 0. The first kappa shape index (κ1) is 18.1. The Morgan fingerprint density at radius 3 is 2.84 bits per heavy atom. The van der Waals surface area contributed by atoms with Crippen molar-refractivity contribution < 1.29 is 9.53 Å². The Morgan fingerprint density at radius 2 is 2.12 bits per heavy atom. The third kappa shape index (κ3) is 4.48. The summed E-state index contributed by atoms with van der Waals surface area (Å²) in [4.78, 5) is 17.3. The molecule has 2 aromatic rings. The fourth-order valence-corrected chi connectivity index (χ4v) is 4.00. The number of rotatable bonds is 7. The van der Waals surface area contributed by atoms with Crippen LogP contribution in [0.1, 0.15) is 23.6 Å². The van der Waals surface area contributed by atoms with Crippen LogP contribution >= 0.6 is 11.3 Å². The molecule has 3 rings (SSSR count). The number of benzene rings is 1. The molecular formula is C20H26N2O2S. The van der Waals surface area contributed by atoms with Gasteiger partial charge in [-0.1, -0.05) is 24.3 Å². The summed E-state index contributed by atoms with van der Waals surface area (Å²) < 4.78 is 5.21. The minimum absolute atomic E-state index is 0.121. The number of carbonyl (C=O) groups excluding carboxylic acids is 1. The topological polar surface area (TPSA) is 32.8 Å². The highest BCUT2D eigenvalue weighted by Crippen LogP contribution is 2.21. The van der Waals surface area contributed by atoms with Crippen LogP contribution in [0.15, 0.2) is 41.1 Å². The van der Waals surface area contributed by atoms with E-state index in [1.165, 1.54) is 16.7 Å². The van der Waals surface area contributed by atoms with Gasteiger partial charge in [-0.25, -0.2) is 0 Å². The van der Waals surface area contributed by atoms with Gasteiger partial charge < -0.3 is 9.64 Å². The standard InChI is InChI=1S/C20H26N2O2S/c1-16(21-9-7-18-5-3-4-6-19(18)14-21)20(23)22(10-11-24-2)13-17-8-12-25-15-17/h3-6,8,12,15-16H,7,9-11,13-14H2,1-2H3. The maximum Gasteiger partial charge on any atom is 0.240 e. The second-order valence-electron chi connectivity index (χ2n) is 6.55. The predicted molar refractivity (Wildman–Crippen MR) is 102 cm³/mol. The van der Waals surface area contributed by atoms with Gasteiger partial charge in [0.25, 0.3) is 0 Å². The van der Waals surface area contributed by atoms with E-state index < -0.39 is 0 Å². The van der Waals surface area contributed by atoms with Crippen molar-refractivity contribution >= 4 is 17.2 Å². The van der Waals surface area contributed by atoms with Crippen LogP contribution in [0.25, 0.3) is 0 Å². The van der Waals surface area contributed by atoms with Crippen molar-refractivity contribution in [1.82, 2.24) is 9.80 Å². The van der Waals surface area contributed by atoms with Crippen LogP contribution in [-0.2, 0) is 29.0 Å². The lowest BCUT2D eigenvalue weighted by atomic mass is 9.98. The summed E-state index contributed by atoms with van der Waals surface area (Å²) in [6.07, 6.45) is 1.01. The zero-order valence-corrected chi connectivity index (χ0v) is 15.8. The number of methoxy groups -OCH3 is 1. The van der Waals surface area contributed by atoms with Crippen LogP contribution in [-0.4, -0.2) is 48.6 Å². The van der Waals surface area contributed by atoms with Crippen molar-refractivity contribution in [3.05, 3.63) is 57.8 Å². The average Bonchev–Trinajstić information content (AvgIpc) is 3.16. The summed E-state index contributed by atoms with van der Waals surface area (Å²) in [5.74, 6) is 0.183. The summed E-state index contributed by atoms with van der Waals surface area (Å²) in [6, 6.07) is 10.5. The molecule has 2 heterocycles. The van der Waals surface area contributed by atoms with Gasteiger partial charge in [-0.2, -0.15) is 11.3 Å². The van der Waals surface area contributed by atoms with E-state index in [1.54, 1.807) is 18.4 Å². The molecule has 0 fully saturated rings. The van der Waals surface area contributed by atoms with Crippen molar-refractivity contribution in [1.29, 1.82) is 0 Å². The van der Waals surface area contributed by atoms with Gasteiger partial charge in [-0.3, -0.25) is 9.69 Å². The molecule has 0 saturated carbocycles. The van der Waals surface area contributed by atoms with Crippen molar-refractivity contribution in [2.24, 2.45) is 0 Å². The number of ether oxygens (including phenoxy) is 1. The van der Waals surface area contributed by atoms with Crippen molar-refractivity contribution in [3.63, 3.8) is 0 Å². The molecule has 1 unspecified atom stereocenters. The van der Waals surface area contributed by atoms with Gasteiger partial charge in [0.2, 0.25) is 5.91 Å². The van der Waals surface area contributed by atoms with Crippen molar-refractivity contribution in [2.45, 2.75) is 32.5 Å². The van der Waals surface area contributed by atoms with Crippen LogP contribution in [0, 0.1) is 0 Å². The Balaban J connectivity index is 1.68. The lowest BCUT2D eigenvalue weighted by Gasteiger charge is -2.35. The van der Waals surface area contributed by atoms with Crippen LogP contribution < -0.4 is 0 Å². The number of nitrogens with zero attached hydrogens (tertiary/aromatic N) is 2. The number of amides is 1. The first-order valence-corrected chi connectivity index (χ1v) is 9.73. The monoisotopic (exact) mass is 358 g/mol. The second-order valence-corrected chi connectivity index (χ2v) is 7.33. The molecule has 1 aliphatic heterocycles. The quantitative estimate of drug-likeness (QED) is 0.762. The fourth-order valence-electron chi connectivity index (χ4n) is 3.34. The van der Waals surface area contributed by atoms with Crippen LogP contribution in [0.4, 0.5) is 0 Å². The van der Waals surface area contributed by atoms with E-state index in [1.807, 2.05) is 11.8 Å². The molecule has 1 aliphatic rings. The highest BCUT2D eigenvalue weighted by atomic mass is 32.1. The van der Waals surface area contributed by atoms with E-state index in [4.69, 9.17) is 4.74 Å². The highest BCUT2D eigenvalue weighted by Gasteiger charge is 2.28. The number of carbonyl (C=O) groups is 1. The number of thiophene rings is 1. The Bertz CT molecular complexity index is 687. The Hall–Kier alpha value is -1.69. The lowest BCUT2D eigenvalue weighted by Crippen LogP contribution is -2.49. The molecule has 0 saturated heterocycles. The van der Waals surface area contributed by atoms with Crippen LogP contribution in [0.3, 0.4) is 0 Å². The lowest BCUT2D eigenvalue weighted by molar-refractivity contribution is -0.138. The summed E-state index contributed by atoms with van der Waals surface area (Å²) in [6.45, 7) is 5.65. The summed E-state index contributed by atoms with van der Waals surface area (Å²) in [7, 11) is 1.68. The second kappa shape index (κ2) is 8.61. The Labute approximate surface area is 154 Å². The molecule has 0 bridgehead atoms. The molecular weight excluding hydrogens is 332 g/mol. The third-order valence-electron chi connectivity index (χ3n) is 4.90. The normalized spacial score (nSPS) is 15.6. The molecule has 1 aromatic carbocycles. The van der Waals surface area contributed by atoms with Gasteiger partial charge in [-0.15, -0.1) is 0 Å². The van der Waals surface area contributed by atoms with Crippen molar-refractivity contribution in [3.8, 4) is 0 Å². The van der Waals surface area contributed by atoms with E-state index in [2.05, 4.69) is 46.0 Å².